The van der Waals surface area contributed by atoms with E-state index in [1.54, 1.807) is 35.3 Å². The highest BCUT2D eigenvalue weighted by atomic mass is 35.5. The smallest absolute Gasteiger partial charge is 0.277 e. The van der Waals surface area contributed by atoms with Crippen LogP contribution in [0.5, 0.6) is 5.75 Å². The van der Waals surface area contributed by atoms with Gasteiger partial charge in [-0.25, -0.2) is 9.07 Å². The molecular formula is C21H14Cl4FN5O2. The Bertz CT molecular complexity index is 1320. The summed E-state index contributed by atoms with van der Waals surface area (Å²) < 4.78 is 21.7. The van der Waals surface area contributed by atoms with E-state index in [2.05, 4.69) is 15.5 Å². The summed E-state index contributed by atoms with van der Waals surface area (Å²) in [5, 5.41) is 12.3. The monoisotopic (exact) mass is 527 g/mol. The molecular weight excluding hydrogens is 515 g/mol. The third-order valence-electron chi connectivity index (χ3n) is 4.42. The van der Waals surface area contributed by atoms with Gasteiger partial charge in [0.25, 0.3) is 5.91 Å². The summed E-state index contributed by atoms with van der Waals surface area (Å²) in [5.41, 5.74) is 0.918. The van der Waals surface area contributed by atoms with Gasteiger partial charge in [-0.05, 0) is 35.9 Å². The van der Waals surface area contributed by atoms with Crippen LogP contribution in [0.25, 0.3) is 0 Å². The summed E-state index contributed by atoms with van der Waals surface area (Å²) >= 11 is 24.1. The molecule has 0 aliphatic carbocycles. The van der Waals surface area contributed by atoms with Crippen LogP contribution in [0, 0.1) is 5.82 Å². The molecule has 0 radical (unpaired) electrons. The molecule has 0 atom stereocenters. The molecule has 1 N–H and O–H groups in total. The molecule has 0 aliphatic rings. The van der Waals surface area contributed by atoms with Gasteiger partial charge in [0.05, 0.1) is 11.6 Å². The van der Waals surface area contributed by atoms with Crippen molar-refractivity contribution >= 4 is 58.1 Å². The van der Waals surface area contributed by atoms with Crippen LogP contribution in [0.2, 0.25) is 20.1 Å². The predicted octanol–water partition coefficient (Wildman–Crippen LogP) is 6.17. The van der Waals surface area contributed by atoms with Gasteiger partial charge >= 0.3 is 0 Å². The van der Waals surface area contributed by atoms with E-state index in [4.69, 9.17) is 51.1 Å². The standard InChI is InChI=1S/C21H14Cl4FN5O2/c22-13-2-1-12(15(23)7-13)9-31-10-17(25)20(29-31)27-21(32)19-5-6-30(28-19)11-33-14-3-4-18(26)16(24)8-14/h1-8,10H,9,11H2,(H,27,29,32). The number of halogens is 5. The Morgan fingerprint density at radius 1 is 0.970 bits per heavy atom. The van der Waals surface area contributed by atoms with E-state index in [1.165, 1.54) is 28.9 Å². The van der Waals surface area contributed by atoms with E-state index < -0.39 is 11.7 Å². The molecule has 0 saturated carbocycles. The number of nitrogens with one attached hydrogen (secondary N) is 1. The average molecular weight is 529 g/mol. The van der Waals surface area contributed by atoms with Gasteiger partial charge in [0.1, 0.15) is 16.6 Å². The van der Waals surface area contributed by atoms with Crippen LogP contribution in [0.15, 0.2) is 54.9 Å². The Morgan fingerprint density at radius 2 is 1.79 bits per heavy atom. The fourth-order valence-electron chi connectivity index (χ4n) is 2.82. The maximum Gasteiger partial charge on any atom is 0.277 e. The number of hydrogen-bond donors (Lipinski definition) is 1. The highest BCUT2D eigenvalue weighted by Crippen LogP contribution is 2.25. The number of nitrogens with zero attached hydrogens (tertiary/aromatic N) is 4. The molecule has 2 heterocycles. The summed E-state index contributed by atoms with van der Waals surface area (Å²) in [6, 6.07) is 10.6. The number of anilines is 1. The first-order valence-electron chi connectivity index (χ1n) is 9.38. The fourth-order valence-corrected chi connectivity index (χ4v) is 3.66. The summed E-state index contributed by atoms with van der Waals surface area (Å²) in [7, 11) is 0. The lowest BCUT2D eigenvalue weighted by molar-refractivity contribution is 0.101. The van der Waals surface area contributed by atoms with Gasteiger partial charge in [0.2, 0.25) is 0 Å². The lowest BCUT2D eigenvalue weighted by atomic mass is 10.2. The van der Waals surface area contributed by atoms with Gasteiger partial charge in [0.15, 0.2) is 18.2 Å². The van der Waals surface area contributed by atoms with Crippen molar-refractivity contribution in [2.24, 2.45) is 0 Å². The lowest BCUT2D eigenvalue weighted by Crippen LogP contribution is -2.15. The van der Waals surface area contributed by atoms with Gasteiger partial charge < -0.3 is 10.1 Å². The van der Waals surface area contributed by atoms with Crippen molar-refractivity contribution in [3.8, 4) is 5.75 Å². The molecule has 0 saturated heterocycles. The van der Waals surface area contributed by atoms with Crippen molar-refractivity contribution in [1.82, 2.24) is 19.6 Å². The second-order valence-corrected chi connectivity index (χ2v) is 8.46. The van der Waals surface area contributed by atoms with Crippen molar-refractivity contribution < 1.29 is 13.9 Å². The van der Waals surface area contributed by atoms with E-state index in [0.717, 1.165) is 5.56 Å². The Labute approximate surface area is 207 Å². The minimum atomic E-state index is -0.542. The van der Waals surface area contributed by atoms with Crippen LogP contribution in [0.3, 0.4) is 0 Å². The molecule has 4 aromatic rings. The first-order chi connectivity index (χ1) is 15.8. The summed E-state index contributed by atoms with van der Waals surface area (Å²) in [5.74, 6) is -0.505. The molecule has 33 heavy (non-hydrogen) atoms. The molecule has 0 aliphatic heterocycles. The Kier molecular flexibility index (Phi) is 7.09. The lowest BCUT2D eigenvalue weighted by Gasteiger charge is -2.06. The van der Waals surface area contributed by atoms with Gasteiger partial charge in [-0.1, -0.05) is 52.5 Å². The molecule has 2 aromatic heterocycles. The molecule has 4 rings (SSSR count). The van der Waals surface area contributed by atoms with E-state index in [-0.39, 0.29) is 28.3 Å². The molecule has 170 valence electrons. The van der Waals surface area contributed by atoms with Crippen LogP contribution >= 0.6 is 46.4 Å². The van der Waals surface area contributed by atoms with E-state index in [9.17, 15) is 9.18 Å². The zero-order valence-electron chi connectivity index (χ0n) is 16.6. The van der Waals surface area contributed by atoms with Crippen LogP contribution in [-0.2, 0) is 13.3 Å². The molecule has 0 unspecified atom stereocenters. The number of ether oxygens (including phenoxy) is 1. The molecule has 0 fully saturated rings. The fraction of sp³-hybridized carbons (Fsp3) is 0.0952. The van der Waals surface area contributed by atoms with Gasteiger partial charge in [-0.15, -0.1) is 0 Å². The Morgan fingerprint density at radius 3 is 2.55 bits per heavy atom. The van der Waals surface area contributed by atoms with Crippen LogP contribution in [0.1, 0.15) is 16.1 Å². The number of rotatable bonds is 7. The minimum absolute atomic E-state index is 0.00746. The third-order valence-corrected chi connectivity index (χ3v) is 5.58. The first-order valence-corrected chi connectivity index (χ1v) is 10.9. The largest absolute Gasteiger partial charge is 0.471 e. The van der Waals surface area contributed by atoms with Gasteiger partial charge in [0, 0.05) is 28.5 Å². The summed E-state index contributed by atoms with van der Waals surface area (Å²) in [6.07, 6.45) is 3.13. The van der Waals surface area contributed by atoms with E-state index >= 15 is 0 Å². The number of benzene rings is 2. The number of hydrogen-bond acceptors (Lipinski definition) is 4. The number of amides is 1. The molecule has 0 bridgehead atoms. The number of aromatic nitrogens is 4. The highest BCUT2D eigenvalue weighted by molar-refractivity contribution is 6.35. The zero-order chi connectivity index (χ0) is 23.5. The summed E-state index contributed by atoms with van der Waals surface area (Å²) in [4.78, 5) is 12.6. The highest BCUT2D eigenvalue weighted by Gasteiger charge is 2.15. The van der Waals surface area contributed by atoms with Crippen molar-refractivity contribution in [2.75, 3.05) is 5.32 Å². The molecule has 1 amide bonds. The third kappa shape index (κ3) is 5.78. The molecule has 12 heteroatoms. The quantitative estimate of drug-likeness (QED) is 0.311. The van der Waals surface area contributed by atoms with E-state index in [1.807, 2.05) is 0 Å². The van der Waals surface area contributed by atoms with Crippen LogP contribution in [0.4, 0.5) is 10.2 Å². The van der Waals surface area contributed by atoms with Gasteiger partial charge in [-0.3, -0.25) is 9.48 Å². The van der Waals surface area contributed by atoms with Crippen molar-refractivity contribution in [2.45, 2.75) is 13.3 Å². The normalized spacial score (nSPS) is 10.9. The Hall–Kier alpha value is -2.78. The topological polar surface area (TPSA) is 74.0 Å². The Balaban J connectivity index is 1.38. The SMILES string of the molecule is O=C(Nc1nn(Cc2ccc(Cl)cc2Cl)cc1Cl)c1ccn(COc2ccc(F)c(Cl)c2)n1. The minimum Gasteiger partial charge on any atom is -0.471 e. The van der Waals surface area contributed by atoms with Crippen molar-refractivity contribution in [3.63, 3.8) is 0 Å². The number of carbonyl (C=O) groups excluding carboxylic acids is 1. The van der Waals surface area contributed by atoms with Crippen LogP contribution in [-0.4, -0.2) is 25.5 Å². The predicted molar refractivity (Wildman–Crippen MR) is 125 cm³/mol. The maximum atomic E-state index is 13.2. The zero-order valence-corrected chi connectivity index (χ0v) is 19.6. The van der Waals surface area contributed by atoms with Crippen molar-refractivity contribution in [1.29, 1.82) is 0 Å². The first kappa shape index (κ1) is 23.4. The second-order valence-electron chi connectivity index (χ2n) is 6.80. The van der Waals surface area contributed by atoms with Gasteiger partial charge in [-0.2, -0.15) is 10.2 Å². The van der Waals surface area contributed by atoms with Crippen LogP contribution < -0.4 is 10.1 Å². The van der Waals surface area contributed by atoms with Crippen molar-refractivity contribution in [3.05, 3.63) is 92.0 Å². The number of carbonyl (C=O) groups is 1. The average Bonchev–Trinajstić information content (AvgIpc) is 3.38. The molecule has 0 spiro atoms. The maximum absolute atomic E-state index is 13.2. The second kappa shape index (κ2) is 10.0. The molecule has 2 aromatic carbocycles. The molecule has 7 nitrogen and oxygen atoms in total. The van der Waals surface area contributed by atoms with E-state index in [0.29, 0.717) is 22.3 Å². The summed E-state index contributed by atoms with van der Waals surface area (Å²) in [6.45, 7) is 0.331.